The Morgan fingerprint density at radius 3 is 1.27 bits per heavy atom. The zero-order valence-corrected chi connectivity index (χ0v) is 24.2. The average Bonchev–Trinajstić information content (AvgIpc) is 3.74. The molecule has 0 fully saturated rings. The van der Waals surface area contributed by atoms with Crippen LogP contribution in [0.1, 0.15) is 0 Å². The van der Waals surface area contributed by atoms with Crippen molar-refractivity contribution in [3.05, 3.63) is 152 Å². The van der Waals surface area contributed by atoms with Gasteiger partial charge in [0.05, 0.1) is 33.1 Å². The van der Waals surface area contributed by atoms with Crippen LogP contribution < -0.4 is 0 Å². The predicted octanol–water partition coefficient (Wildman–Crippen LogP) is 9.77. The summed E-state index contributed by atoms with van der Waals surface area (Å²) in [5, 5.41) is 7.16. The summed E-state index contributed by atoms with van der Waals surface area (Å²) in [4.78, 5) is 8.89. The van der Waals surface area contributed by atoms with Gasteiger partial charge in [-0.05, 0) is 60.7 Å². The van der Waals surface area contributed by atoms with Crippen LogP contribution in [-0.2, 0) is 0 Å². The van der Waals surface area contributed by atoms with Crippen LogP contribution in [0.25, 0.3) is 82.5 Å². The summed E-state index contributed by atoms with van der Waals surface area (Å²) in [7, 11) is 0. The van der Waals surface area contributed by atoms with Gasteiger partial charge in [-0.2, -0.15) is 0 Å². The highest BCUT2D eigenvalue weighted by Crippen LogP contribution is 2.38. The summed E-state index contributed by atoms with van der Waals surface area (Å²) < 4.78 is 7.12. The van der Waals surface area contributed by atoms with Crippen molar-refractivity contribution in [3.8, 4) is 17.1 Å². The minimum absolute atomic E-state index is 1.12. The summed E-state index contributed by atoms with van der Waals surface area (Å²) >= 11 is 0. The molecule has 10 aromatic rings. The van der Waals surface area contributed by atoms with Crippen molar-refractivity contribution in [1.82, 2.24) is 23.7 Å². The molecule has 0 bridgehead atoms. The standard InChI is InChI=1S/C40H25N5/c1-2-8-26(9-3-1)43-39-22-27(44-35-12-6-4-10-29(35)33-24-41-20-18-37(33)44)14-16-31(39)32-17-15-28(23-40(32)43)45-36-13-7-5-11-30(36)34-25-42-21-19-38(34)45/h1-25H. The molecule has 5 heterocycles. The molecule has 5 aromatic carbocycles. The SMILES string of the molecule is c1ccc(-n2c3cc(-n4c5ccccc5c5cnccc54)ccc3c3ccc(-n4c5ccccc5c5cnccc54)cc32)cc1. The first-order valence-corrected chi connectivity index (χ1v) is 15.2. The number of hydrogen-bond acceptors (Lipinski definition) is 2. The van der Waals surface area contributed by atoms with Gasteiger partial charge in [-0.3, -0.25) is 9.97 Å². The highest BCUT2D eigenvalue weighted by molar-refractivity contribution is 6.13. The minimum Gasteiger partial charge on any atom is -0.309 e. The van der Waals surface area contributed by atoms with Crippen LogP contribution in [0.3, 0.4) is 0 Å². The van der Waals surface area contributed by atoms with E-state index in [0.717, 1.165) is 49.9 Å². The average molecular weight is 576 g/mol. The second kappa shape index (κ2) is 9.15. The first-order chi connectivity index (χ1) is 22.3. The molecular formula is C40H25N5. The van der Waals surface area contributed by atoms with Crippen molar-refractivity contribution in [2.24, 2.45) is 0 Å². The topological polar surface area (TPSA) is 40.6 Å². The van der Waals surface area contributed by atoms with E-state index in [1.807, 2.05) is 24.8 Å². The van der Waals surface area contributed by atoms with E-state index in [0.29, 0.717) is 0 Å². The summed E-state index contributed by atoms with van der Waals surface area (Å²) in [6.45, 7) is 0. The third kappa shape index (κ3) is 3.38. The normalized spacial score (nSPS) is 12.0. The van der Waals surface area contributed by atoms with E-state index in [1.165, 1.54) is 32.6 Å². The van der Waals surface area contributed by atoms with Gasteiger partial charge in [-0.1, -0.05) is 66.7 Å². The van der Waals surface area contributed by atoms with Gasteiger partial charge >= 0.3 is 0 Å². The lowest BCUT2D eigenvalue weighted by atomic mass is 10.1. The first-order valence-electron chi connectivity index (χ1n) is 15.2. The lowest BCUT2D eigenvalue weighted by Crippen LogP contribution is -1.98. The van der Waals surface area contributed by atoms with Crippen molar-refractivity contribution in [3.63, 3.8) is 0 Å². The van der Waals surface area contributed by atoms with E-state index in [-0.39, 0.29) is 0 Å². The number of fused-ring (bicyclic) bond motifs is 9. The summed E-state index contributed by atoms with van der Waals surface area (Å²) in [5.74, 6) is 0. The maximum atomic E-state index is 4.45. The number of hydrogen-bond donors (Lipinski definition) is 0. The minimum atomic E-state index is 1.12. The molecule has 5 nitrogen and oxygen atoms in total. The third-order valence-electron chi connectivity index (χ3n) is 9.21. The fourth-order valence-electron chi connectivity index (χ4n) is 7.32. The Morgan fingerprint density at radius 1 is 0.311 bits per heavy atom. The van der Waals surface area contributed by atoms with Crippen LogP contribution in [0.2, 0.25) is 0 Å². The number of para-hydroxylation sites is 3. The van der Waals surface area contributed by atoms with Crippen LogP contribution in [0.15, 0.2) is 152 Å². The quantitative estimate of drug-likeness (QED) is 0.210. The number of rotatable bonds is 3. The lowest BCUT2D eigenvalue weighted by molar-refractivity contribution is 1.14. The predicted molar refractivity (Wildman–Crippen MR) is 185 cm³/mol. The van der Waals surface area contributed by atoms with Crippen LogP contribution in [0, 0.1) is 0 Å². The Bertz CT molecular complexity index is 2490. The lowest BCUT2D eigenvalue weighted by Gasteiger charge is -2.12. The molecule has 0 aliphatic carbocycles. The van der Waals surface area contributed by atoms with Gasteiger partial charge in [0.25, 0.3) is 0 Å². The Hall–Kier alpha value is -6.20. The fourth-order valence-corrected chi connectivity index (χ4v) is 7.32. The molecule has 0 aliphatic rings. The molecule has 0 atom stereocenters. The van der Waals surface area contributed by atoms with Crippen LogP contribution in [-0.4, -0.2) is 23.7 Å². The van der Waals surface area contributed by atoms with Gasteiger partial charge < -0.3 is 13.7 Å². The van der Waals surface area contributed by atoms with E-state index < -0.39 is 0 Å². The zero-order valence-electron chi connectivity index (χ0n) is 24.2. The summed E-state index contributed by atoms with van der Waals surface area (Å²) in [6.07, 6.45) is 7.70. The van der Waals surface area contributed by atoms with E-state index in [4.69, 9.17) is 0 Å². The molecule has 0 unspecified atom stereocenters. The molecule has 0 spiro atoms. The molecule has 0 aliphatic heterocycles. The summed E-state index contributed by atoms with van der Waals surface area (Å²) in [6, 6.07) is 45.8. The summed E-state index contributed by atoms with van der Waals surface area (Å²) in [5.41, 5.74) is 10.3. The van der Waals surface area contributed by atoms with E-state index in [9.17, 15) is 0 Å². The van der Waals surface area contributed by atoms with Crippen molar-refractivity contribution >= 4 is 65.4 Å². The number of aromatic nitrogens is 5. The fraction of sp³-hybridized carbons (Fsp3) is 0. The molecule has 0 saturated heterocycles. The van der Waals surface area contributed by atoms with Gasteiger partial charge in [0, 0.05) is 74.2 Å². The Labute approximate surface area is 257 Å². The molecule has 210 valence electrons. The first kappa shape index (κ1) is 24.3. The van der Waals surface area contributed by atoms with Crippen molar-refractivity contribution in [2.45, 2.75) is 0 Å². The Kier molecular flexibility index (Phi) is 4.93. The van der Waals surface area contributed by atoms with Crippen LogP contribution in [0.5, 0.6) is 0 Å². The molecule has 5 aromatic heterocycles. The molecule has 5 heteroatoms. The molecule has 45 heavy (non-hydrogen) atoms. The second-order valence-corrected chi connectivity index (χ2v) is 11.6. The number of benzene rings is 5. The largest absolute Gasteiger partial charge is 0.309 e. The zero-order chi connectivity index (χ0) is 29.5. The maximum absolute atomic E-state index is 4.45. The van der Waals surface area contributed by atoms with Gasteiger partial charge in [0.2, 0.25) is 0 Å². The highest BCUT2D eigenvalue weighted by atomic mass is 15.0. The van der Waals surface area contributed by atoms with Gasteiger partial charge in [-0.25, -0.2) is 0 Å². The van der Waals surface area contributed by atoms with Gasteiger partial charge in [0.15, 0.2) is 0 Å². The molecule has 0 amide bonds. The molecule has 0 N–H and O–H groups in total. The van der Waals surface area contributed by atoms with Crippen molar-refractivity contribution < 1.29 is 0 Å². The third-order valence-corrected chi connectivity index (χ3v) is 9.21. The van der Waals surface area contributed by atoms with Gasteiger partial charge in [-0.15, -0.1) is 0 Å². The van der Waals surface area contributed by atoms with Crippen LogP contribution in [0.4, 0.5) is 0 Å². The molecule has 0 radical (unpaired) electrons. The Balaban J connectivity index is 1.29. The van der Waals surface area contributed by atoms with E-state index >= 15 is 0 Å². The smallest absolute Gasteiger partial charge is 0.0571 e. The van der Waals surface area contributed by atoms with E-state index in [2.05, 4.69) is 151 Å². The van der Waals surface area contributed by atoms with Crippen LogP contribution >= 0.6 is 0 Å². The maximum Gasteiger partial charge on any atom is 0.0571 e. The van der Waals surface area contributed by atoms with E-state index in [1.54, 1.807) is 0 Å². The molecule has 10 rings (SSSR count). The van der Waals surface area contributed by atoms with Crippen molar-refractivity contribution in [1.29, 1.82) is 0 Å². The highest BCUT2D eigenvalue weighted by Gasteiger charge is 2.18. The molecule has 0 saturated carbocycles. The second-order valence-electron chi connectivity index (χ2n) is 11.6. The number of pyridine rings is 2. The van der Waals surface area contributed by atoms with Gasteiger partial charge in [0.1, 0.15) is 0 Å². The van der Waals surface area contributed by atoms with Crippen molar-refractivity contribution in [2.75, 3.05) is 0 Å². The number of nitrogens with zero attached hydrogens (tertiary/aromatic N) is 5. The molecular weight excluding hydrogens is 550 g/mol. The Morgan fingerprint density at radius 2 is 0.733 bits per heavy atom. The monoisotopic (exact) mass is 575 g/mol.